The van der Waals surface area contributed by atoms with E-state index in [1.165, 1.54) is 0 Å². The van der Waals surface area contributed by atoms with Crippen LogP contribution < -0.4 is 5.32 Å². The summed E-state index contributed by atoms with van der Waals surface area (Å²) in [6.45, 7) is 2.53. The van der Waals surface area contributed by atoms with E-state index in [9.17, 15) is 0 Å². The maximum atomic E-state index is 4.58. The molecule has 0 atom stereocenters. The van der Waals surface area contributed by atoms with Crippen molar-refractivity contribution < 1.29 is 0 Å². The number of aromatic amines is 1. The summed E-state index contributed by atoms with van der Waals surface area (Å²) >= 11 is 0. The van der Waals surface area contributed by atoms with Crippen LogP contribution in [0.1, 0.15) is 11.4 Å². The molecule has 0 amide bonds. The molecule has 0 spiro atoms. The number of anilines is 1. The van der Waals surface area contributed by atoms with E-state index in [0.29, 0.717) is 12.4 Å². The van der Waals surface area contributed by atoms with Gasteiger partial charge in [-0.25, -0.2) is 4.98 Å². The molecule has 0 aliphatic carbocycles. The van der Waals surface area contributed by atoms with E-state index in [1.807, 2.05) is 25.1 Å². The molecule has 2 N–H and O–H groups in total. The van der Waals surface area contributed by atoms with Gasteiger partial charge in [0, 0.05) is 5.39 Å². The van der Waals surface area contributed by atoms with E-state index in [4.69, 9.17) is 0 Å². The zero-order valence-corrected chi connectivity index (χ0v) is 9.88. The highest BCUT2D eigenvalue weighted by molar-refractivity contribution is 5.81. The van der Waals surface area contributed by atoms with Crippen LogP contribution in [0.15, 0.2) is 30.3 Å². The lowest BCUT2D eigenvalue weighted by atomic mass is 10.1. The van der Waals surface area contributed by atoms with Crippen molar-refractivity contribution >= 4 is 16.7 Å². The van der Waals surface area contributed by atoms with Crippen LogP contribution in [0.25, 0.3) is 10.9 Å². The van der Waals surface area contributed by atoms with Crippen LogP contribution in [0.3, 0.4) is 0 Å². The molecule has 90 valence electrons. The Morgan fingerprint density at radius 2 is 2.17 bits per heavy atom. The lowest BCUT2D eigenvalue weighted by Gasteiger charge is -2.08. The number of hydrogen-bond acceptors (Lipinski definition) is 5. The van der Waals surface area contributed by atoms with E-state index < -0.39 is 0 Å². The molecule has 3 rings (SSSR count). The number of para-hydroxylation sites is 1. The predicted octanol–water partition coefficient (Wildman–Crippen LogP) is 1.67. The van der Waals surface area contributed by atoms with Crippen LogP contribution in [0.4, 0.5) is 5.82 Å². The van der Waals surface area contributed by atoms with E-state index in [0.717, 1.165) is 22.3 Å². The normalized spacial score (nSPS) is 10.7. The van der Waals surface area contributed by atoms with Gasteiger partial charge in [-0.15, -0.1) is 10.2 Å². The predicted molar refractivity (Wildman–Crippen MR) is 68.0 cm³/mol. The highest BCUT2D eigenvalue weighted by Gasteiger charge is 2.04. The summed E-state index contributed by atoms with van der Waals surface area (Å²) in [4.78, 5) is 4.58. The van der Waals surface area contributed by atoms with E-state index >= 15 is 0 Å². The maximum absolute atomic E-state index is 4.58. The first-order valence-electron chi connectivity index (χ1n) is 5.65. The van der Waals surface area contributed by atoms with Crippen molar-refractivity contribution in [2.45, 2.75) is 13.5 Å². The number of aryl methyl sites for hydroxylation is 1. The standard InChI is InChI=1S/C12H12N6/c1-8-6-9-4-2-3-5-10(9)14-12(8)13-7-11-15-17-18-16-11/h2-6H,7H2,1H3,(H,13,14)(H,15,16,17,18). The van der Waals surface area contributed by atoms with Gasteiger partial charge in [0.05, 0.1) is 12.1 Å². The summed E-state index contributed by atoms with van der Waals surface area (Å²) in [6.07, 6.45) is 0. The van der Waals surface area contributed by atoms with Crippen molar-refractivity contribution in [1.82, 2.24) is 25.6 Å². The first-order valence-corrected chi connectivity index (χ1v) is 5.65. The Hall–Kier alpha value is -2.50. The molecule has 3 aromatic rings. The Morgan fingerprint density at radius 3 is 3.00 bits per heavy atom. The molecule has 0 aliphatic heterocycles. The number of benzene rings is 1. The molecule has 6 heteroatoms. The molecule has 2 heterocycles. The number of nitrogens with one attached hydrogen (secondary N) is 2. The molecular weight excluding hydrogens is 228 g/mol. The lowest BCUT2D eigenvalue weighted by molar-refractivity contribution is 0.881. The Kier molecular flexibility index (Phi) is 2.60. The van der Waals surface area contributed by atoms with E-state index in [1.54, 1.807) is 0 Å². The number of tetrazole rings is 1. The topological polar surface area (TPSA) is 79.4 Å². The molecule has 0 saturated heterocycles. The minimum Gasteiger partial charge on any atom is -0.362 e. The Morgan fingerprint density at radius 1 is 1.28 bits per heavy atom. The van der Waals surface area contributed by atoms with Crippen molar-refractivity contribution in [3.8, 4) is 0 Å². The quantitative estimate of drug-likeness (QED) is 0.728. The fraction of sp³-hybridized carbons (Fsp3) is 0.167. The second-order valence-electron chi connectivity index (χ2n) is 4.03. The van der Waals surface area contributed by atoms with Crippen LogP contribution in [-0.2, 0) is 6.54 Å². The number of rotatable bonds is 3. The highest BCUT2D eigenvalue weighted by Crippen LogP contribution is 2.19. The SMILES string of the molecule is Cc1cc2ccccc2nc1NCc1nn[nH]n1. The van der Waals surface area contributed by atoms with Gasteiger partial charge in [0.25, 0.3) is 0 Å². The zero-order chi connectivity index (χ0) is 12.4. The van der Waals surface area contributed by atoms with Gasteiger partial charge < -0.3 is 5.32 Å². The van der Waals surface area contributed by atoms with Crippen LogP contribution in [0, 0.1) is 6.92 Å². The van der Waals surface area contributed by atoms with Gasteiger partial charge in [0.15, 0.2) is 5.82 Å². The molecule has 1 aromatic carbocycles. The largest absolute Gasteiger partial charge is 0.362 e. The minimum absolute atomic E-state index is 0.503. The number of hydrogen-bond donors (Lipinski definition) is 2. The maximum Gasteiger partial charge on any atom is 0.193 e. The number of fused-ring (bicyclic) bond motifs is 1. The van der Waals surface area contributed by atoms with Gasteiger partial charge in [-0.3, -0.25) is 0 Å². The van der Waals surface area contributed by atoms with E-state index in [2.05, 4.69) is 43.1 Å². The third kappa shape index (κ3) is 2.00. The fourth-order valence-electron chi connectivity index (χ4n) is 1.82. The zero-order valence-electron chi connectivity index (χ0n) is 9.88. The summed E-state index contributed by atoms with van der Waals surface area (Å²) in [6, 6.07) is 10.1. The smallest absolute Gasteiger partial charge is 0.193 e. The van der Waals surface area contributed by atoms with Gasteiger partial charge in [-0.2, -0.15) is 5.21 Å². The van der Waals surface area contributed by atoms with Crippen molar-refractivity contribution in [1.29, 1.82) is 0 Å². The average Bonchev–Trinajstić information content (AvgIpc) is 2.89. The van der Waals surface area contributed by atoms with Crippen LogP contribution >= 0.6 is 0 Å². The Bertz CT molecular complexity index is 661. The molecular formula is C12H12N6. The number of H-pyrrole nitrogens is 1. The van der Waals surface area contributed by atoms with Gasteiger partial charge in [0.2, 0.25) is 0 Å². The fourth-order valence-corrected chi connectivity index (χ4v) is 1.82. The molecule has 0 radical (unpaired) electrons. The molecule has 0 saturated carbocycles. The Labute approximate surface area is 103 Å². The van der Waals surface area contributed by atoms with Gasteiger partial charge in [-0.05, 0) is 24.6 Å². The van der Waals surface area contributed by atoms with Gasteiger partial charge in [-0.1, -0.05) is 23.4 Å². The molecule has 18 heavy (non-hydrogen) atoms. The summed E-state index contributed by atoms with van der Waals surface area (Å²) in [5, 5.41) is 18.1. The second-order valence-corrected chi connectivity index (χ2v) is 4.03. The third-order valence-corrected chi connectivity index (χ3v) is 2.72. The minimum atomic E-state index is 0.503. The van der Waals surface area contributed by atoms with Crippen LogP contribution in [0.2, 0.25) is 0 Å². The molecule has 6 nitrogen and oxygen atoms in total. The molecule has 0 unspecified atom stereocenters. The molecule has 2 aromatic heterocycles. The summed E-state index contributed by atoms with van der Waals surface area (Å²) in [5.74, 6) is 1.46. The monoisotopic (exact) mass is 240 g/mol. The van der Waals surface area contributed by atoms with Crippen molar-refractivity contribution in [3.05, 3.63) is 41.7 Å². The van der Waals surface area contributed by atoms with Gasteiger partial charge in [0.1, 0.15) is 5.82 Å². The number of aromatic nitrogens is 5. The summed E-state index contributed by atoms with van der Waals surface area (Å²) in [5.41, 5.74) is 2.07. The lowest BCUT2D eigenvalue weighted by Crippen LogP contribution is -2.05. The molecule has 0 aliphatic rings. The summed E-state index contributed by atoms with van der Waals surface area (Å²) in [7, 11) is 0. The highest BCUT2D eigenvalue weighted by atomic mass is 15.5. The molecule has 0 bridgehead atoms. The Balaban J connectivity index is 1.89. The average molecular weight is 240 g/mol. The van der Waals surface area contributed by atoms with Crippen LogP contribution in [0.5, 0.6) is 0 Å². The first kappa shape index (κ1) is 10.6. The second kappa shape index (κ2) is 4.40. The first-order chi connectivity index (χ1) is 8.83. The van der Waals surface area contributed by atoms with Crippen molar-refractivity contribution in [2.75, 3.05) is 5.32 Å². The third-order valence-electron chi connectivity index (χ3n) is 2.72. The number of nitrogens with zero attached hydrogens (tertiary/aromatic N) is 4. The van der Waals surface area contributed by atoms with Crippen molar-refractivity contribution in [3.63, 3.8) is 0 Å². The van der Waals surface area contributed by atoms with Crippen molar-refractivity contribution in [2.24, 2.45) is 0 Å². The number of pyridine rings is 1. The molecule has 0 fully saturated rings. The summed E-state index contributed by atoms with van der Waals surface area (Å²) < 4.78 is 0. The van der Waals surface area contributed by atoms with Gasteiger partial charge >= 0.3 is 0 Å². The van der Waals surface area contributed by atoms with Crippen LogP contribution in [-0.4, -0.2) is 25.6 Å². The van der Waals surface area contributed by atoms with E-state index in [-0.39, 0.29) is 0 Å².